The molecule has 4 rings (SSSR count). The first-order valence-electron chi connectivity index (χ1n) is 13.7. The number of imidazole rings is 1. The maximum absolute atomic E-state index is 13.7. The first-order valence-corrected chi connectivity index (χ1v) is 13.7. The molecule has 0 amide bonds. The summed E-state index contributed by atoms with van der Waals surface area (Å²) in [6.45, 7) is 9.99. The van der Waals surface area contributed by atoms with Crippen LogP contribution in [0, 0.1) is 17.8 Å². The van der Waals surface area contributed by atoms with E-state index in [0.29, 0.717) is 36.6 Å². The zero-order valence-electron chi connectivity index (χ0n) is 23.1. The molecule has 0 aromatic carbocycles. The number of aromatic nitrogens is 4. The van der Waals surface area contributed by atoms with Gasteiger partial charge in [0.15, 0.2) is 11.2 Å². The highest BCUT2D eigenvalue weighted by Gasteiger charge is 2.28. The van der Waals surface area contributed by atoms with E-state index in [0.717, 1.165) is 58.4 Å². The highest BCUT2D eigenvalue weighted by molar-refractivity contribution is 5.75. The molecule has 2 fully saturated rings. The maximum Gasteiger partial charge on any atom is 0.332 e. The predicted molar refractivity (Wildman–Crippen MR) is 147 cm³/mol. The summed E-state index contributed by atoms with van der Waals surface area (Å²) in [7, 11) is 1.67. The van der Waals surface area contributed by atoms with Crippen LogP contribution in [-0.2, 0) is 29.7 Å². The number of esters is 1. The van der Waals surface area contributed by atoms with Crippen LogP contribution >= 0.6 is 0 Å². The number of nitrogens with zero attached hydrogens (tertiary/aromatic N) is 6. The van der Waals surface area contributed by atoms with Crippen LogP contribution in [0.4, 0.5) is 5.95 Å². The smallest absolute Gasteiger partial charge is 0.332 e. The molecular weight excluding hydrogens is 486 g/mol. The molecule has 0 atom stereocenters. The Balaban J connectivity index is 1.51. The number of hydrogen-bond donors (Lipinski definition) is 1. The monoisotopic (exact) mass is 527 g/mol. The lowest BCUT2D eigenvalue weighted by atomic mass is 9.97. The summed E-state index contributed by atoms with van der Waals surface area (Å²) < 4.78 is 10.0. The summed E-state index contributed by atoms with van der Waals surface area (Å²) >= 11 is 0. The minimum atomic E-state index is -0.365. The Morgan fingerprint density at radius 2 is 1.76 bits per heavy atom. The maximum atomic E-state index is 13.7. The van der Waals surface area contributed by atoms with E-state index in [1.165, 1.54) is 9.13 Å². The number of carbonyl (C=O) groups is 1. The molecule has 2 saturated heterocycles. The average molecular weight is 528 g/mol. The van der Waals surface area contributed by atoms with E-state index in [1.807, 2.05) is 18.4 Å². The van der Waals surface area contributed by atoms with Crippen LogP contribution in [0.15, 0.2) is 9.59 Å². The second-order valence-corrected chi connectivity index (χ2v) is 10.7. The van der Waals surface area contributed by atoms with Crippen molar-refractivity contribution in [3.63, 3.8) is 0 Å². The highest BCUT2D eigenvalue weighted by atomic mass is 16.5. The van der Waals surface area contributed by atoms with Crippen LogP contribution in [0.1, 0.15) is 52.9 Å². The Kier molecular flexibility index (Phi) is 8.95. The molecule has 0 aliphatic carbocycles. The number of likely N-dealkylation sites (tertiary alicyclic amines) is 1. The molecule has 0 spiro atoms. The highest BCUT2D eigenvalue weighted by Crippen LogP contribution is 2.23. The van der Waals surface area contributed by atoms with Gasteiger partial charge in [-0.25, -0.2) is 4.79 Å². The Labute approximate surface area is 223 Å². The van der Waals surface area contributed by atoms with Crippen molar-refractivity contribution in [1.82, 2.24) is 23.6 Å². The second kappa shape index (κ2) is 12.2. The van der Waals surface area contributed by atoms with E-state index in [9.17, 15) is 14.4 Å². The topological polar surface area (TPSA) is 121 Å². The summed E-state index contributed by atoms with van der Waals surface area (Å²) in [5, 5.41) is 0. The molecular formula is C27H41N7O4. The van der Waals surface area contributed by atoms with Gasteiger partial charge in [-0.1, -0.05) is 5.92 Å². The molecule has 0 unspecified atom stereocenters. The van der Waals surface area contributed by atoms with Crippen molar-refractivity contribution in [1.29, 1.82) is 0 Å². The van der Waals surface area contributed by atoms with Gasteiger partial charge in [0.05, 0.1) is 18.6 Å². The van der Waals surface area contributed by atoms with Crippen LogP contribution in [0.3, 0.4) is 0 Å². The van der Waals surface area contributed by atoms with Crippen LogP contribution in [0.5, 0.6) is 0 Å². The SMILES string of the molecule is CC#CCn1c(N2CCC(N)CC2)nc2c1c(=O)n(CCCN1CCC(C(=O)OC(C)C)CC1)c(=O)n2C. The van der Waals surface area contributed by atoms with Crippen molar-refractivity contribution < 1.29 is 9.53 Å². The fraction of sp³-hybridized carbons (Fsp3) is 0.704. The van der Waals surface area contributed by atoms with E-state index in [1.54, 1.807) is 14.0 Å². The summed E-state index contributed by atoms with van der Waals surface area (Å²) in [4.78, 5) is 48.2. The molecule has 0 saturated carbocycles. The van der Waals surface area contributed by atoms with Gasteiger partial charge in [0.1, 0.15) is 0 Å². The number of nitrogens with two attached hydrogens (primary N) is 1. The van der Waals surface area contributed by atoms with Crippen molar-refractivity contribution in [3.8, 4) is 11.8 Å². The standard InChI is InChI=1S/C27H41N7O4/c1-5-6-13-33-22-23(29-26(33)32-17-10-21(28)11-18-32)30(4)27(37)34(24(22)35)14-7-12-31-15-8-20(9-16-31)25(36)38-19(2)3/h19-21H,7-18,28H2,1-4H3. The lowest BCUT2D eigenvalue weighted by Crippen LogP contribution is -2.42. The third-order valence-electron chi connectivity index (χ3n) is 7.58. The number of rotatable bonds is 8. The molecule has 0 radical (unpaired) electrons. The third-order valence-corrected chi connectivity index (χ3v) is 7.58. The molecule has 208 valence electrons. The largest absolute Gasteiger partial charge is 0.463 e. The minimum Gasteiger partial charge on any atom is -0.463 e. The van der Waals surface area contributed by atoms with Crippen molar-refractivity contribution in [3.05, 3.63) is 20.8 Å². The predicted octanol–water partition coefficient (Wildman–Crippen LogP) is 0.901. The summed E-state index contributed by atoms with van der Waals surface area (Å²) in [6, 6.07) is 0.167. The van der Waals surface area contributed by atoms with Crippen LogP contribution in [0.25, 0.3) is 11.2 Å². The number of ether oxygens (including phenoxy) is 1. The third kappa shape index (κ3) is 5.97. The molecule has 4 heterocycles. The number of fused-ring (bicyclic) bond motifs is 1. The van der Waals surface area contributed by atoms with Crippen LogP contribution in [0.2, 0.25) is 0 Å². The van der Waals surface area contributed by atoms with E-state index < -0.39 is 0 Å². The Morgan fingerprint density at radius 1 is 1.08 bits per heavy atom. The van der Waals surface area contributed by atoms with Gasteiger partial charge < -0.3 is 20.3 Å². The molecule has 11 heteroatoms. The molecule has 2 aromatic heterocycles. The van der Waals surface area contributed by atoms with Gasteiger partial charge in [-0.15, -0.1) is 5.92 Å². The zero-order valence-corrected chi connectivity index (χ0v) is 23.1. The Hall–Kier alpha value is -3.10. The first kappa shape index (κ1) is 27.9. The quantitative estimate of drug-likeness (QED) is 0.397. The minimum absolute atomic E-state index is 0.0534. The van der Waals surface area contributed by atoms with Gasteiger partial charge in [0.25, 0.3) is 5.56 Å². The van der Waals surface area contributed by atoms with E-state index in [-0.39, 0.29) is 35.3 Å². The molecule has 2 aliphatic heterocycles. The molecule has 38 heavy (non-hydrogen) atoms. The number of aryl methyl sites for hydroxylation is 1. The van der Waals surface area contributed by atoms with Crippen LogP contribution in [-0.4, -0.2) is 74.4 Å². The second-order valence-electron chi connectivity index (χ2n) is 10.7. The number of carbonyl (C=O) groups excluding carboxylic acids is 1. The number of anilines is 1. The van der Waals surface area contributed by atoms with Crippen LogP contribution < -0.4 is 21.9 Å². The van der Waals surface area contributed by atoms with E-state index >= 15 is 0 Å². The summed E-state index contributed by atoms with van der Waals surface area (Å²) in [5.41, 5.74) is 6.19. The van der Waals surface area contributed by atoms with Gasteiger partial charge in [-0.3, -0.25) is 23.3 Å². The van der Waals surface area contributed by atoms with Crippen molar-refractivity contribution in [2.45, 2.75) is 78.1 Å². The average Bonchev–Trinajstić information content (AvgIpc) is 3.28. The zero-order chi connectivity index (χ0) is 27.4. The van der Waals surface area contributed by atoms with Crippen molar-refractivity contribution >= 4 is 23.1 Å². The molecule has 2 N–H and O–H groups in total. The Bertz CT molecular complexity index is 1310. The fourth-order valence-corrected chi connectivity index (χ4v) is 5.38. The first-order chi connectivity index (χ1) is 18.2. The lowest BCUT2D eigenvalue weighted by molar-refractivity contribution is -0.154. The van der Waals surface area contributed by atoms with Crippen molar-refractivity contribution in [2.75, 3.05) is 37.6 Å². The molecule has 0 bridgehead atoms. The molecule has 2 aliphatic rings. The van der Waals surface area contributed by atoms with Gasteiger partial charge in [0, 0.05) is 32.7 Å². The number of piperidine rings is 2. The lowest BCUT2D eigenvalue weighted by Gasteiger charge is -2.31. The van der Waals surface area contributed by atoms with Gasteiger partial charge >= 0.3 is 11.7 Å². The number of hydrogen-bond acceptors (Lipinski definition) is 8. The summed E-state index contributed by atoms with van der Waals surface area (Å²) in [5.74, 6) is 6.47. The van der Waals surface area contributed by atoms with Crippen molar-refractivity contribution in [2.24, 2.45) is 18.7 Å². The fourth-order valence-electron chi connectivity index (χ4n) is 5.38. The molecule has 2 aromatic rings. The molecule has 11 nitrogen and oxygen atoms in total. The summed E-state index contributed by atoms with van der Waals surface area (Å²) in [6.07, 6.45) is 3.78. The van der Waals surface area contributed by atoms with E-state index in [2.05, 4.69) is 21.6 Å². The van der Waals surface area contributed by atoms with Gasteiger partial charge in [0.2, 0.25) is 5.95 Å². The normalized spacial score (nSPS) is 17.7. The van der Waals surface area contributed by atoms with Gasteiger partial charge in [-0.2, -0.15) is 4.98 Å². The van der Waals surface area contributed by atoms with E-state index in [4.69, 9.17) is 15.5 Å². The van der Waals surface area contributed by atoms with Gasteiger partial charge in [-0.05, 0) is 72.5 Å². The Morgan fingerprint density at radius 3 is 2.39 bits per heavy atom.